The van der Waals surface area contributed by atoms with Crippen molar-refractivity contribution in [2.45, 2.75) is 83.4 Å². The van der Waals surface area contributed by atoms with Crippen LogP contribution in [0, 0.1) is 5.82 Å². The van der Waals surface area contributed by atoms with E-state index in [0.717, 1.165) is 44.7 Å². The number of carbonyl (C=O) groups excluding carboxylic acids is 2. The Bertz CT molecular complexity index is 1070. The van der Waals surface area contributed by atoms with E-state index in [1.54, 1.807) is 23.1 Å². The molecule has 0 atom stereocenters. The van der Waals surface area contributed by atoms with Crippen LogP contribution in [-0.4, -0.2) is 51.2 Å². The van der Waals surface area contributed by atoms with Crippen LogP contribution in [0.5, 0.6) is 0 Å². The van der Waals surface area contributed by atoms with Crippen molar-refractivity contribution in [1.82, 2.24) is 20.3 Å². The number of halogens is 1. The molecule has 2 amide bonds. The standard InChI is InChI=1S/C25H33FN6O3/c1-25(2,3)35-24(34)29-17-12-10-16(11-13-17)28-23-27-15-18(26)22(31-23)19-7-6-8-20(30-19)32-14-5-4-9-21(32)33/h6-8,15-17H,4-5,9-14H2,1-3H3,(H,29,34)(H,27,28,31)/t16-,17-. The molecule has 0 aromatic carbocycles. The SMILES string of the molecule is CC(C)(C)OC(=O)N[C@H]1CC[C@H](Nc2ncc(F)c(-c3cccc(N4CCCCC4=O)n3)n2)CC1. The summed E-state index contributed by atoms with van der Waals surface area (Å²) in [6, 6.07) is 5.36. The first-order valence-corrected chi connectivity index (χ1v) is 12.2. The predicted molar refractivity (Wildman–Crippen MR) is 130 cm³/mol. The van der Waals surface area contributed by atoms with Gasteiger partial charge in [-0.1, -0.05) is 6.07 Å². The van der Waals surface area contributed by atoms with Gasteiger partial charge in [0.2, 0.25) is 11.9 Å². The molecule has 1 saturated carbocycles. The third kappa shape index (κ3) is 6.64. The van der Waals surface area contributed by atoms with Crippen LogP contribution >= 0.6 is 0 Å². The Morgan fingerprint density at radius 2 is 1.86 bits per heavy atom. The lowest BCUT2D eigenvalue weighted by molar-refractivity contribution is -0.119. The summed E-state index contributed by atoms with van der Waals surface area (Å²) in [7, 11) is 0. The minimum atomic E-state index is -0.574. The van der Waals surface area contributed by atoms with E-state index in [9.17, 15) is 14.0 Å². The van der Waals surface area contributed by atoms with Crippen LogP contribution in [0.3, 0.4) is 0 Å². The molecule has 1 aliphatic carbocycles. The molecule has 4 rings (SSSR count). The van der Waals surface area contributed by atoms with Gasteiger partial charge in [0.1, 0.15) is 17.1 Å². The lowest BCUT2D eigenvalue weighted by Crippen LogP contribution is -2.42. The van der Waals surface area contributed by atoms with Gasteiger partial charge in [-0.15, -0.1) is 0 Å². The maximum Gasteiger partial charge on any atom is 0.407 e. The van der Waals surface area contributed by atoms with Crippen LogP contribution < -0.4 is 15.5 Å². The molecule has 2 aromatic heterocycles. The number of aromatic nitrogens is 3. The number of hydrogen-bond acceptors (Lipinski definition) is 7. The van der Waals surface area contributed by atoms with Gasteiger partial charge in [-0.2, -0.15) is 0 Å². The van der Waals surface area contributed by atoms with E-state index in [-0.39, 0.29) is 23.7 Å². The Morgan fingerprint density at radius 1 is 1.11 bits per heavy atom. The maximum absolute atomic E-state index is 14.6. The van der Waals surface area contributed by atoms with Gasteiger partial charge >= 0.3 is 6.09 Å². The minimum Gasteiger partial charge on any atom is -0.444 e. The Morgan fingerprint density at radius 3 is 2.57 bits per heavy atom. The summed E-state index contributed by atoms with van der Waals surface area (Å²) in [6.07, 6.45) is 6.23. The molecule has 35 heavy (non-hydrogen) atoms. The molecule has 0 unspecified atom stereocenters. The second-order valence-corrected chi connectivity index (χ2v) is 10.1. The molecule has 3 heterocycles. The minimum absolute atomic E-state index is 0.0307. The topological polar surface area (TPSA) is 109 Å². The van der Waals surface area contributed by atoms with Gasteiger partial charge in [-0.25, -0.2) is 24.1 Å². The van der Waals surface area contributed by atoms with E-state index in [1.807, 2.05) is 20.8 Å². The van der Waals surface area contributed by atoms with Crippen molar-refractivity contribution in [1.29, 1.82) is 0 Å². The summed E-state index contributed by atoms with van der Waals surface area (Å²) in [5.74, 6) is 0.292. The molecule has 1 aliphatic heterocycles. The smallest absolute Gasteiger partial charge is 0.407 e. The van der Waals surface area contributed by atoms with Gasteiger partial charge in [0.15, 0.2) is 5.82 Å². The molecule has 0 radical (unpaired) electrons. The molecule has 1 saturated heterocycles. The highest BCUT2D eigenvalue weighted by Gasteiger charge is 2.26. The number of piperidine rings is 1. The van der Waals surface area contributed by atoms with Gasteiger partial charge in [-0.05, 0) is 71.4 Å². The Hall–Kier alpha value is -3.30. The molecular formula is C25H33FN6O3. The molecular weight excluding hydrogens is 451 g/mol. The van der Waals surface area contributed by atoms with E-state index in [0.29, 0.717) is 30.4 Å². The second-order valence-electron chi connectivity index (χ2n) is 10.1. The Kier molecular flexibility index (Phi) is 7.47. The van der Waals surface area contributed by atoms with E-state index in [4.69, 9.17) is 4.74 Å². The molecule has 9 nitrogen and oxygen atoms in total. The third-order valence-electron chi connectivity index (χ3n) is 6.10. The first-order valence-electron chi connectivity index (χ1n) is 12.2. The molecule has 2 aliphatic rings. The number of pyridine rings is 1. The molecule has 0 bridgehead atoms. The Labute approximate surface area is 204 Å². The summed E-state index contributed by atoms with van der Waals surface area (Å²) in [5, 5.41) is 6.22. The lowest BCUT2D eigenvalue weighted by atomic mass is 9.91. The number of ether oxygens (including phenoxy) is 1. The number of nitrogens with one attached hydrogen (secondary N) is 2. The van der Waals surface area contributed by atoms with Crippen molar-refractivity contribution in [3.05, 3.63) is 30.2 Å². The summed E-state index contributed by atoms with van der Waals surface area (Å²) in [4.78, 5) is 39.0. The van der Waals surface area contributed by atoms with Crippen molar-refractivity contribution in [3.63, 3.8) is 0 Å². The fourth-order valence-corrected chi connectivity index (χ4v) is 4.41. The van der Waals surface area contributed by atoms with Crippen LogP contribution in [0.1, 0.15) is 65.7 Å². The number of anilines is 2. The van der Waals surface area contributed by atoms with E-state index >= 15 is 0 Å². The zero-order valence-corrected chi connectivity index (χ0v) is 20.5. The van der Waals surface area contributed by atoms with Crippen molar-refractivity contribution >= 4 is 23.8 Å². The van der Waals surface area contributed by atoms with Gasteiger partial charge < -0.3 is 15.4 Å². The normalized spacial score (nSPS) is 20.9. The third-order valence-corrected chi connectivity index (χ3v) is 6.10. The van der Waals surface area contributed by atoms with Crippen molar-refractivity contribution in [2.24, 2.45) is 0 Å². The first-order chi connectivity index (χ1) is 16.7. The van der Waals surface area contributed by atoms with Crippen LogP contribution in [0.2, 0.25) is 0 Å². The van der Waals surface area contributed by atoms with Crippen LogP contribution in [0.4, 0.5) is 21.0 Å². The number of nitrogens with zero attached hydrogens (tertiary/aromatic N) is 4. The average Bonchev–Trinajstić information content (AvgIpc) is 2.81. The number of rotatable bonds is 5. The number of hydrogen-bond donors (Lipinski definition) is 2. The first kappa shape index (κ1) is 24.8. The fraction of sp³-hybridized carbons (Fsp3) is 0.560. The quantitative estimate of drug-likeness (QED) is 0.646. The highest BCUT2D eigenvalue weighted by Crippen LogP contribution is 2.26. The van der Waals surface area contributed by atoms with Crippen LogP contribution in [0.15, 0.2) is 24.4 Å². The molecule has 10 heteroatoms. The lowest BCUT2D eigenvalue weighted by Gasteiger charge is -2.30. The zero-order valence-electron chi connectivity index (χ0n) is 20.5. The summed E-state index contributed by atoms with van der Waals surface area (Å²) < 4.78 is 20.0. The highest BCUT2D eigenvalue weighted by atomic mass is 19.1. The summed E-state index contributed by atoms with van der Waals surface area (Å²) in [5.41, 5.74) is -0.0822. The average molecular weight is 485 g/mol. The van der Waals surface area contributed by atoms with E-state index < -0.39 is 17.5 Å². The number of amides is 2. The maximum atomic E-state index is 14.6. The summed E-state index contributed by atoms with van der Waals surface area (Å²) >= 11 is 0. The van der Waals surface area contributed by atoms with Crippen molar-refractivity contribution in [3.8, 4) is 11.4 Å². The Balaban J connectivity index is 1.39. The molecule has 2 fully saturated rings. The molecule has 0 spiro atoms. The zero-order chi connectivity index (χ0) is 25.0. The monoisotopic (exact) mass is 484 g/mol. The van der Waals surface area contributed by atoms with Crippen molar-refractivity contribution < 1.29 is 18.7 Å². The summed E-state index contributed by atoms with van der Waals surface area (Å²) in [6.45, 7) is 6.12. The molecule has 188 valence electrons. The number of alkyl carbamates (subject to hydrolysis) is 1. The van der Waals surface area contributed by atoms with Gasteiger partial charge in [0.05, 0.1) is 11.9 Å². The molecule has 2 N–H and O–H groups in total. The predicted octanol–water partition coefficient (Wildman–Crippen LogP) is 4.44. The van der Waals surface area contributed by atoms with Gasteiger partial charge in [-0.3, -0.25) is 9.69 Å². The molecule has 2 aromatic rings. The second kappa shape index (κ2) is 10.5. The van der Waals surface area contributed by atoms with Crippen LogP contribution in [-0.2, 0) is 9.53 Å². The van der Waals surface area contributed by atoms with E-state index in [1.165, 1.54) is 0 Å². The highest BCUT2D eigenvalue weighted by molar-refractivity contribution is 5.93. The fourth-order valence-electron chi connectivity index (χ4n) is 4.41. The van der Waals surface area contributed by atoms with E-state index in [2.05, 4.69) is 25.6 Å². The van der Waals surface area contributed by atoms with Gasteiger partial charge in [0, 0.05) is 25.0 Å². The van der Waals surface area contributed by atoms with Gasteiger partial charge in [0.25, 0.3) is 0 Å². The van der Waals surface area contributed by atoms with Crippen molar-refractivity contribution in [2.75, 3.05) is 16.8 Å². The largest absolute Gasteiger partial charge is 0.444 e. The number of carbonyl (C=O) groups is 2. The van der Waals surface area contributed by atoms with Crippen LogP contribution in [0.25, 0.3) is 11.4 Å².